The lowest BCUT2D eigenvalue weighted by Crippen LogP contribution is -2.52. The molecule has 0 spiro atoms. The van der Waals surface area contributed by atoms with Crippen LogP contribution in [0.15, 0.2) is 6.20 Å². The number of carboxylic acids is 1. The Morgan fingerprint density at radius 1 is 1.55 bits per heavy atom. The molecule has 9 heteroatoms. The van der Waals surface area contributed by atoms with Crippen LogP contribution in [0.3, 0.4) is 0 Å². The van der Waals surface area contributed by atoms with Gasteiger partial charge in [-0.1, -0.05) is 0 Å². The highest BCUT2D eigenvalue weighted by Crippen LogP contribution is 2.27. The van der Waals surface area contributed by atoms with Crippen molar-refractivity contribution in [2.45, 2.75) is 39.2 Å². The number of carboxylic acid groups (broad SMARTS) is 1. The lowest BCUT2D eigenvalue weighted by atomic mass is 10.0. The molecule has 2 rings (SSSR count). The maximum Gasteiger partial charge on any atom is 0.307 e. The highest BCUT2D eigenvalue weighted by atomic mass is 32.2. The second kappa shape index (κ2) is 6.23. The van der Waals surface area contributed by atoms with Crippen LogP contribution in [0.1, 0.15) is 36.6 Å². The molecule has 1 fully saturated rings. The minimum atomic E-state index is -3.76. The number of nitrogens with zero attached hydrogens (tertiary/aromatic N) is 2. The predicted octanol–water partition coefficient (Wildman–Crippen LogP) is 1.32. The van der Waals surface area contributed by atoms with Crippen LogP contribution in [-0.2, 0) is 20.5 Å². The highest BCUT2D eigenvalue weighted by molar-refractivity contribution is 7.87. The average Bonchev–Trinajstić information content (AvgIpc) is 2.85. The molecule has 0 amide bonds. The van der Waals surface area contributed by atoms with Crippen LogP contribution in [0.2, 0.25) is 0 Å². The summed E-state index contributed by atoms with van der Waals surface area (Å²) in [6.45, 7) is 5.76. The van der Waals surface area contributed by atoms with Crippen molar-refractivity contribution in [1.29, 1.82) is 0 Å². The Hall–Kier alpha value is -1.03. The smallest absolute Gasteiger partial charge is 0.307 e. The fraction of sp³-hybridized carbons (Fsp3) is 0.692. The number of aryl methyl sites for hydroxylation is 1. The maximum atomic E-state index is 12.5. The van der Waals surface area contributed by atoms with E-state index in [1.54, 1.807) is 20.0 Å². The van der Waals surface area contributed by atoms with Gasteiger partial charge in [0.05, 0.1) is 11.5 Å². The second-order valence-corrected chi connectivity index (χ2v) is 8.95. The molecule has 2 N–H and O–H groups in total. The maximum absolute atomic E-state index is 12.5. The quantitative estimate of drug-likeness (QED) is 0.837. The van der Waals surface area contributed by atoms with Crippen LogP contribution < -0.4 is 4.72 Å². The molecule has 1 aliphatic rings. The van der Waals surface area contributed by atoms with E-state index >= 15 is 0 Å². The Morgan fingerprint density at radius 2 is 2.23 bits per heavy atom. The normalized spacial score (nSPS) is 21.0. The summed E-state index contributed by atoms with van der Waals surface area (Å²) in [6.07, 6.45) is 2.77. The zero-order chi connectivity index (χ0) is 16.5. The Labute approximate surface area is 134 Å². The SMILES string of the molecule is Cc1cnc(C(C)(C)NS(=O)(=O)N2CCCC(C(=O)O)C2)s1. The van der Waals surface area contributed by atoms with Gasteiger partial charge in [-0.25, -0.2) is 4.98 Å². The molecule has 1 unspecified atom stereocenters. The molecule has 1 atom stereocenters. The molecule has 1 aromatic heterocycles. The van der Waals surface area contributed by atoms with E-state index in [9.17, 15) is 13.2 Å². The molecule has 2 heterocycles. The molecule has 0 saturated carbocycles. The van der Waals surface area contributed by atoms with Gasteiger partial charge < -0.3 is 5.11 Å². The van der Waals surface area contributed by atoms with E-state index in [-0.39, 0.29) is 6.54 Å². The molecular weight excluding hydrogens is 326 g/mol. The fourth-order valence-electron chi connectivity index (χ4n) is 2.44. The van der Waals surface area contributed by atoms with Gasteiger partial charge in [-0.15, -0.1) is 11.3 Å². The first kappa shape index (κ1) is 17.3. The number of hydrogen-bond acceptors (Lipinski definition) is 5. The van der Waals surface area contributed by atoms with Gasteiger partial charge in [0, 0.05) is 24.2 Å². The van der Waals surface area contributed by atoms with E-state index in [1.165, 1.54) is 15.6 Å². The molecule has 0 aromatic carbocycles. The van der Waals surface area contributed by atoms with E-state index in [4.69, 9.17) is 5.11 Å². The number of hydrogen-bond donors (Lipinski definition) is 2. The van der Waals surface area contributed by atoms with Crippen molar-refractivity contribution in [2.24, 2.45) is 5.92 Å². The summed E-state index contributed by atoms with van der Waals surface area (Å²) in [7, 11) is -3.76. The van der Waals surface area contributed by atoms with Gasteiger partial charge in [0.25, 0.3) is 10.2 Å². The molecular formula is C13H21N3O4S2. The van der Waals surface area contributed by atoms with Crippen molar-refractivity contribution in [3.8, 4) is 0 Å². The lowest BCUT2D eigenvalue weighted by molar-refractivity contribution is -0.142. The second-order valence-electron chi connectivity index (χ2n) is 6.04. The van der Waals surface area contributed by atoms with Crippen LogP contribution in [0, 0.1) is 12.8 Å². The topological polar surface area (TPSA) is 99.6 Å². The minimum Gasteiger partial charge on any atom is -0.481 e. The summed E-state index contributed by atoms with van der Waals surface area (Å²) in [6, 6.07) is 0. The van der Waals surface area contributed by atoms with Gasteiger partial charge in [-0.2, -0.15) is 17.4 Å². The zero-order valence-electron chi connectivity index (χ0n) is 12.9. The first-order valence-electron chi connectivity index (χ1n) is 7.06. The molecule has 1 aromatic rings. The summed E-state index contributed by atoms with van der Waals surface area (Å²) in [5.41, 5.74) is -0.839. The molecule has 22 heavy (non-hydrogen) atoms. The molecule has 0 aliphatic carbocycles. The summed E-state index contributed by atoms with van der Waals surface area (Å²) >= 11 is 1.44. The third kappa shape index (κ3) is 3.83. The monoisotopic (exact) mass is 347 g/mol. The molecule has 0 radical (unpaired) electrons. The van der Waals surface area contributed by atoms with Crippen LogP contribution >= 0.6 is 11.3 Å². The number of rotatable bonds is 5. The van der Waals surface area contributed by atoms with Gasteiger partial charge in [0.1, 0.15) is 5.01 Å². The van der Waals surface area contributed by atoms with Crippen molar-refractivity contribution < 1.29 is 18.3 Å². The first-order chi connectivity index (χ1) is 10.1. The average molecular weight is 347 g/mol. The molecule has 1 aliphatic heterocycles. The van der Waals surface area contributed by atoms with E-state index < -0.39 is 27.6 Å². The zero-order valence-corrected chi connectivity index (χ0v) is 14.5. The van der Waals surface area contributed by atoms with Crippen LogP contribution in [-0.4, -0.2) is 41.9 Å². The van der Waals surface area contributed by atoms with E-state index in [2.05, 4.69) is 9.71 Å². The van der Waals surface area contributed by atoms with Crippen LogP contribution in [0.25, 0.3) is 0 Å². The van der Waals surface area contributed by atoms with Gasteiger partial charge in [0.2, 0.25) is 0 Å². The van der Waals surface area contributed by atoms with Crippen molar-refractivity contribution in [3.63, 3.8) is 0 Å². The van der Waals surface area contributed by atoms with E-state index in [1.807, 2.05) is 6.92 Å². The Kier molecular flexibility index (Phi) is 4.90. The molecule has 0 bridgehead atoms. The van der Waals surface area contributed by atoms with E-state index in [0.717, 1.165) is 4.88 Å². The summed E-state index contributed by atoms with van der Waals surface area (Å²) in [4.78, 5) is 16.3. The largest absolute Gasteiger partial charge is 0.481 e. The van der Waals surface area contributed by atoms with Gasteiger partial charge in [-0.3, -0.25) is 4.79 Å². The molecule has 124 valence electrons. The third-order valence-corrected chi connectivity index (χ3v) is 6.63. The number of carbonyl (C=O) groups is 1. The van der Waals surface area contributed by atoms with Crippen molar-refractivity contribution in [1.82, 2.24) is 14.0 Å². The minimum absolute atomic E-state index is 0.0116. The lowest BCUT2D eigenvalue weighted by Gasteiger charge is -2.33. The van der Waals surface area contributed by atoms with Gasteiger partial charge in [-0.05, 0) is 33.6 Å². The predicted molar refractivity (Wildman–Crippen MR) is 83.9 cm³/mol. The van der Waals surface area contributed by atoms with Gasteiger partial charge in [0.15, 0.2) is 0 Å². The van der Waals surface area contributed by atoms with Crippen molar-refractivity contribution in [2.75, 3.05) is 13.1 Å². The van der Waals surface area contributed by atoms with Crippen LogP contribution in [0.4, 0.5) is 0 Å². The number of piperidine rings is 1. The Morgan fingerprint density at radius 3 is 2.77 bits per heavy atom. The molecule has 7 nitrogen and oxygen atoms in total. The Bertz CT molecular complexity index is 654. The number of aliphatic carboxylic acids is 1. The first-order valence-corrected chi connectivity index (χ1v) is 9.32. The van der Waals surface area contributed by atoms with Gasteiger partial charge >= 0.3 is 5.97 Å². The molecule has 1 saturated heterocycles. The highest BCUT2D eigenvalue weighted by Gasteiger charge is 2.36. The van der Waals surface area contributed by atoms with E-state index in [0.29, 0.717) is 24.4 Å². The van der Waals surface area contributed by atoms with Crippen molar-refractivity contribution in [3.05, 3.63) is 16.1 Å². The Balaban J connectivity index is 2.15. The van der Waals surface area contributed by atoms with Crippen LogP contribution in [0.5, 0.6) is 0 Å². The summed E-state index contributed by atoms with van der Waals surface area (Å²) in [5, 5.41) is 9.77. The standard InChI is InChI=1S/C13H21N3O4S2/c1-9-7-14-12(21-9)13(2,3)15-22(19,20)16-6-4-5-10(8-16)11(17)18/h7,10,15H,4-6,8H2,1-3H3,(H,17,18). The third-order valence-electron chi connectivity index (χ3n) is 3.61. The summed E-state index contributed by atoms with van der Waals surface area (Å²) in [5.74, 6) is -1.59. The number of nitrogens with one attached hydrogen (secondary N) is 1. The number of thiazole rings is 1. The van der Waals surface area contributed by atoms with Crippen molar-refractivity contribution >= 4 is 27.5 Å². The summed E-state index contributed by atoms with van der Waals surface area (Å²) < 4.78 is 29.0. The fourth-order valence-corrected chi connectivity index (χ4v) is 4.94. The number of aromatic nitrogens is 1.